The average molecular weight is 247 g/mol. The van der Waals surface area contributed by atoms with Gasteiger partial charge in [0.25, 0.3) is 0 Å². The van der Waals surface area contributed by atoms with E-state index >= 15 is 0 Å². The van der Waals surface area contributed by atoms with Crippen molar-refractivity contribution in [1.82, 2.24) is 4.90 Å². The summed E-state index contributed by atoms with van der Waals surface area (Å²) in [7, 11) is 0. The summed E-state index contributed by atoms with van der Waals surface area (Å²) >= 11 is 0. The fraction of sp³-hybridized carbons (Fsp3) is 0.111. The van der Waals surface area contributed by atoms with Crippen LogP contribution in [0.2, 0.25) is 0 Å². The van der Waals surface area contributed by atoms with E-state index in [4.69, 9.17) is 0 Å². The quantitative estimate of drug-likeness (QED) is 0.703. The van der Waals surface area contributed by atoms with Crippen molar-refractivity contribution in [1.29, 1.82) is 0 Å². The van der Waals surface area contributed by atoms with Gasteiger partial charge in [0, 0.05) is 18.1 Å². The van der Waals surface area contributed by atoms with Gasteiger partial charge in [-0.1, -0.05) is 42.0 Å². The minimum Gasteiger partial charge on any atom is -0.323 e. The van der Waals surface area contributed by atoms with Crippen LogP contribution in [0.5, 0.6) is 0 Å². The van der Waals surface area contributed by atoms with E-state index < -0.39 is 0 Å². The van der Waals surface area contributed by atoms with E-state index in [9.17, 15) is 0 Å². The molecule has 0 radical (unpaired) electrons. The Kier molecular flexibility index (Phi) is 2.96. The minimum atomic E-state index is 1.21. The second kappa shape index (κ2) is 4.77. The predicted molar refractivity (Wildman–Crippen MR) is 81.1 cm³/mol. The molecule has 0 spiro atoms. The largest absolute Gasteiger partial charge is 0.323 e. The molecule has 0 bridgehead atoms. The van der Waals surface area contributed by atoms with Gasteiger partial charge in [-0.05, 0) is 48.8 Å². The Bertz CT molecular complexity index is 637. The van der Waals surface area contributed by atoms with Crippen LogP contribution in [0.3, 0.4) is 0 Å². The summed E-state index contributed by atoms with van der Waals surface area (Å²) in [5.74, 6) is 0. The molecule has 0 unspecified atom stereocenters. The SMILES string of the molecule is CC1=CC2=CC=CC(c3ccc(C)cc3)=CN2C=C1. The lowest BCUT2D eigenvalue weighted by atomic mass is 10.0. The highest BCUT2D eigenvalue weighted by Gasteiger charge is 2.10. The lowest BCUT2D eigenvalue weighted by Crippen LogP contribution is -2.10. The van der Waals surface area contributed by atoms with E-state index in [1.165, 1.54) is 28.0 Å². The van der Waals surface area contributed by atoms with Crippen LogP contribution in [0, 0.1) is 6.92 Å². The molecule has 0 atom stereocenters. The lowest BCUT2D eigenvalue weighted by molar-refractivity contribution is 0.646. The molecule has 1 nitrogen and oxygen atoms in total. The van der Waals surface area contributed by atoms with Crippen molar-refractivity contribution in [2.24, 2.45) is 0 Å². The molecule has 0 saturated heterocycles. The fourth-order valence-corrected chi connectivity index (χ4v) is 2.25. The minimum absolute atomic E-state index is 1.21. The maximum absolute atomic E-state index is 2.19. The van der Waals surface area contributed by atoms with Crippen LogP contribution in [-0.4, -0.2) is 4.90 Å². The number of nitrogens with zero attached hydrogens (tertiary/aromatic N) is 1. The zero-order valence-corrected chi connectivity index (χ0v) is 11.3. The lowest BCUT2D eigenvalue weighted by Gasteiger charge is -2.21. The Morgan fingerprint density at radius 1 is 0.947 bits per heavy atom. The molecule has 3 rings (SSSR count). The Morgan fingerprint density at radius 2 is 1.74 bits per heavy atom. The summed E-state index contributed by atoms with van der Waals surface area (Å²) < 4.78 is 0. The highest BCUT2D eigenvalue weighted by molar-refractivity contribution is 5.75. The number of aryl methyl sites for hydroxylation is 1. The molecule has 0 amide bonds. The van der Waals surface area contributed by atoms with Crippen LogP contribution in [0.4, 0.5) is 0 Å². The number of fused-ring (bicyclic) bond motifs is 1. The van der Waals surface area contributed by atoms with Crippen molar-refractivity contribution in [2.45, 2.75) is 13.8 Å². The average Bonchev–Trinajstić information content (AvgIpc) is 2.61. The van der Waals surface area contributed by atoms with Gasteiger partial charge in [0.15, 0.2) is 0 Å². The van der Waals surface area contributed by atoms with Gasteiger partial charge in [0.2, 0.25) is 0 Å². The van der Waals surface area contributed by atoms with Crippen molar-refractivity contribution in [3.63, 3.8) is 0 Å². The van der Waals surface area contributed by atoms with Crippen molar-refractivity contribution >= 4 is 5.57 Å². The second-order valence-electron chi connectivity index (χ2n) is 5.01. The zero-order valence-electron chi connectivity index (χ0n) is 11.3. The number of rotatable bonds is 1. The predicted octanol–water partition coefficient (Wildman–Crippen LogP) is 4.57. The van der Waals surface area contributed by atoms with Gasteiger partial charge in [0.1, 0.15) is 0 Å². The molecule has 1 aromatic carbocycles. The van der Waals surface area contributed by atoms with Gasteiger partial charge in [-0.3, -0.25) is 0 Å². The molecule has 0 aromatic heterocycles. The monoisotopic (exact) mass is 247 g/mol. The Hall–Kier alpha value is -2.28. The first-order valence-corrected chi connectivity index (χ1v) is 6.54. The van der Waals surface area contributed by atoms with Gasteiger partial charge in [-0.2, -0.15) is 0 Å². The molecule has 0 aliphatic carbocycles. The van der Waals surface area contributed by atoms with Crippen LogP contribution in [-0.2, 0) is 0 Å². The first-order chi connectivity index (χ1) is 9.22. The maximum Gasteiger partial charge on any atom is 0.0452 e. The van der Waals surface area contributed by atoms with E-state index in [-0.39, 0.29) is 0 Å². The molecule has 0 fully saturated rings. The summed E-state index contributed by atoms with van der Waals surface area (Å²) in [4.78, 5) is 2.17. The highest BCUT2D eigenvalue weighted by Crippen LogP contribution is 2.25. The van der Waals surface area contributed by atoms with Crippen molar-refractivity contribution in [3.8, 4) is 0 Å². The topological polar surface area (TPSA) is 3.24 Å². The normalized spacial score (nSPS) is 17.4. The van der Waals surface area contributed by atoms with E-state index in [2.05, 4.69) is 85.8 Å². The molecule has 1 aromatic rings. The third-order valence-electron chi connectivity index (χ3n) is 3.38. The summed E-state index contributed by atoms with van der Waals surface area (Å²) in [5.41, 5.74) is 6.25. The van der Waals surface area contributed by atoms with Gasteiger partial charge in [-0.15, -0.1) is 0 Å². The van der Waals surface area contributed by atoms with Crippen LogP contribution in [0.25, 0.3) is 5.57 Å². The van der Waals surface area contributed by atoms with Gasteiger partial charge in [0.05, 0.1) is 0 Å². The van der Waals surface area contributed by atoms with Gasteiger partial charge >= 0.3 is 0 Å². The number of allylic oxidation sites excluding steroid dienone is 7. The number of hydrogen-bond acceptors (Lipinski definition) is 1. The standard InChI is InChI=1S/C18H17N/c1-14-6-8-16(9-7-14)17-4-3-5-18-12-15(2)10-11-19(18)13-17/h3-13H,1-2H3. The molecular formula is C18H17N. The summed E-state index contributed by atoms with van der Waals surface area (Å²) in [5, 5.41) is 0. The summed E-state index contributed by atoms with van der Waals surface area (Å²) in [6, 6.07) is 8.65. The van der Waals surface area contributed by atoms with Gasteiger partial charge in [-0.25, -0.2) is 0 Å². The fourth-order valence-electron chi connectivity index (χ4n) is 2.25. The Balaban J connectivity index is 1.98. The van der Waals surface area contributed by atoms with E-state index in [0.717, 1.165) is 0 Å². The third-order valence-corrected chi connectivity index (χ3v) is 3.38. The second-order valence-corrected chi connectivity index (χ2v) is 5.01. The van der Waals surface area contributed by atoms with Crippen molar-refractivity contribution in [2.75, 3.05) is 0 Å². The number of hydrogen-bond donors (Lipinski definition) is 0. The molecule has 2 heterocycles. The molecule has 94 valence electrons. The van der Waals surface area contributed by atoms with Crippen LogP contribution < -0.4 is 0 Å². The number of benzene rings is 1. The molecule has 2 aliphatic heterocycles. The van der Waals surface area contributed by atoms with Crippen LogP contribution in [0.15, 0.2) is 78.3 Å². The zero-order chi connectivity index (χ0) is 13.2. The molecule has 2 aliphatic rings. The maximum atomic E-state index is 2.19. The molecule has 0 saturated carbocycles. The molecule has 0 N–H and O–H groups in total. The third kappa shape index (κ3) is 2.45. The Morgan fingerprint density at radius 3 is 2.53 bits per heavy atom. The Labute approximate surface area is 114 Å². The van der Waals surface area contributed by atoms with Crippen LogP contribution in [0.1, 0.15) is 18.1 Å². The first kappa shape index (κ1) is 11.8. The van der Waals surface area contributed by atoms with Crippen molar-refractivity contribution in [3.05, 3.63) is 89.4 Å². The first-order valence-electron chi connectivity index (χ1n) is 6.54. The highest BCUT2D eigenvalue weighted by atomic mass is 15.1. The van der Waals surface area contributed by atoms with E-state index in [1.807, 2.05) is 0 Å². The summed E-state index contributed by atoms with van der Waals surface area (Å²) in [6.45, 7) is 4.23. The van der Waals surface area contributed by atoms with E-state index in [1.54, 1.807) is 0 Å². The van der Waals surface area contributed by atoms with Gasteiger partial charge < -0.3 is 4.90 Å². The van der Waals surface area contributed by atoms with E-state index in [0.29, 0.717) is 0 Å². The molecule has 1 heteroatoms. The molecule has 19 heavy (non-hydrogen) atoms. The van der Waals surface area contributed by atoms with Crippen LogP contribution >= 0.6 is 0 Å². The molecular weight excluding hydrogens is 230 g/mol. The smallest absolute Gasteiger partial charge is 0.0452 e. The summed E-state index contributed by atoms with van der Waals surface area (Å²) in [6.07, 6.45) is 15.0. The van der Waals surface area contributed by atoms with Crippen molar-refractivity contribution < 1.29 is 0 Å².